The highest BCUT2D eigenvalue weighted by Crippen LogP contribution is 2.51. The van der Waals surface area contributed by atoms with Gasteiger partial charge in [-0.3, -0.25) is 4.90 Å². The van der Waals surface area contributed by atoms with Gasteiger partial charge in [-0.1, -0.05) is 36.4 Å². The van der Waals surface area contributed by atoms with Crippen LogP contribution in [0.25, 0.3) is 0 Å². The Kier molecular flexibility index (Phi) is 4.39. The lowest BCUT2D eigenvalue weighted by atomic mass is 9.73. The van der Waals surface area contributed by atoms with E-state index in [9.17, 15) is 0 Å². The molecule has 3 fully saturated rings. The second-order valence-corrected chi connectivity index (χ2v) is 9.67. The first-order valence-electron chi connectivity index (χ1n) is 10.9. The summed E-state index contributed by atoms with van der Waals surface area (Å²) in [7, 11) is 0. The molecule has 0 aromatic heterocycles. The molecule has 0 N–H and O–H groups in total. The highest BCUT2D eigenvalue weighted by molar-refractivity contribution is 9.10. The second kappa shape index (κ2) is 7.14. The van der Waals surface area contributed by atoms with Crippen LogP contribution in [0.5, 0.6) is 5.75 Å². The van der Waals surface area contributed by atoms with Crippen molar-refractivity contribution >= 4 is 33.0 Å². The number of ether oxygens (including phenoxy) is 1. The molecule has 3 aromatic carbocycles. The van der Waals surface area contributed by atoms with Gasteiger partial charge in [0.25, 0.3) is 0 Å². The Balaban J connectivity index is 1.43. The number of benzene rings is 3. The Morgan fingerprint density at radius 1 is 0.867 bits per heavy atom. The highest BCUT2D eigenvalue weighted by atomic mass is 79.9. The molecule has 1 atom stereocenters. The topological polar surface area (TPSA) is 15.7 Å². The molecule has 1 spiro atoms. The third kappa shape index (κ3) is 2.97. The molecule has 3 saturated heterocycles. The fourth-order valence-corrected chi connectivity index (χ4v) is 6.18. The van der Waals surface area contributed by atoms with Crippen LogP contribution in [0.4, 0.5) is 17.1 Å². The zero-order chi connectivity index (χ0) is 20.1. The summed E-state index contributed by atoms with van der Waals surface area (Å²) < 4.78 is 7.79. The van der Waals surface area contributed by atoms with Crippen molar-refractivity contribution < 1.29 is 4.74 Å². The van der Waals surface area contributed by atoms with Crippen LogP contribution in [0.3, 0.4) is 0 Å². The maximum Gasteiger partial charge on any atom is 0.137 e. The third-order valence-corrected chi connectivity index (χ3v) is 7.60. The average Bonchev–Trinajstić information content (AvgIpc) is 3.14. The van der Waals surface area contributed by atoms with Gasteiger partial charge in [-0.05, 0) is 78.3 Å². The van der Waals surface area contributed by atoms with Crippen molar-refractivity contribution in [2.75, 3.05) is 24.5 Å². The summed E-state index contributed by atoms with van der Waals surface area (Å²) in [5.41, 5.74) is 4.77. The van der Waals surface area contributed by atoms with E-state index >= 15 is 0 Å². The standard InChI is InChI=1S/C26H25BrN2O/c27-24-16-23(29(21-7-3-1-4-8-21)22-9-5-2-6-10-22)15-19-17-26(30-25(19)24)18-28-13-11-20(26)12-14-28/h1-10,15-16,20H,11-14,17-18H2. The number of fused-ring (bicyclic) bond motifs is 3. The van der Waals surface area contributed by atoms with Crippen molar-refractivity contribution in [3.8, 4) is 5.75 Å². The molecule has 30 heavy (non-hydrogen) atoms. The molecule has 3 nitrogen and oxygen atoms in total. The van der Waals surface area contributed by atoms with E-state index in [0.29, 0.717) is 5.92 Å². The van der Waals surface area contributed by atoms with E-state index in [4.69, 9.17) is 4.74 Å². The summed E-state index contributed by atoms with van der Waals surface area (Å²) in [6, 6.07) is 25.7. The molecule has 3 aromatic rings. The third-order valence-electron chi connectivity index (χ3n) is 7.01. The molecule has 7 rings (SSSR count). The molecular weight excluding hydrogens is 436 g/mol. The van der Waals surface area contributed by atoms with Gasteiger partial charge < -0.3 is 9.64 Å². The first kappa shape index (κ1) is 18.5. The number of para-hydroxylation sites is 2. The summed E-state index contributed by atoms with van der Waals surface area (Å²) in [5.74, 6) is 1.72. The monoisotopic (exact) mass is 460 g/mol. The van der Waals surface area contributed by atoms with Crippen LogP contribution in [-0.2, 0) is 6.42 Å². The van der Waals surface area contributed by atoms with Gasteiger partial charge in [0.15, 0.2) is 0 Å². The van der Waals surface area contributed by atoms with E-state index in [1.807, 2.05) is 0 Å². The summed E-state index contributed by atoms with van der Waals surface area (Å²) in [5, 5.41) is 0. The van der Waals surface area contributed by atoms with E-state index in [-0.39, 0.29) is 5.60 Å². The molecule has 2 bridgehead atoms. The molecule has 152 valence electrons. The zero-order valence-electron chi connectivity index (χ0n) is 16.9. The van der Waals surface area contributed by atoms with Gasteiger partial charge in [-0.2, -0.15) is 0 Å². The number of piperidine rings is 3. The average molecular weight is 461 g/mol. The Morgan fingerprint density at radius 3 is 2.07 bits per heavy atom. The highest BCUT2D eigenvalue weighted by Gasteiger charge is 2.52. The van der Waals surface area contributed by atoms with Gasteiger partial charge in [-0.25, -0.2) is 0 Å². The van der Waals surface area contributed by atoms with Crippen molar-refractivity contribution in [3.05, 3.63) is 82.8 Å². The molecule has 4 aliphatic heterocycles. The predicted octanol–water partition coefficient (Wildman–Crippen LogP) is 6.32. The summed E-state index contributed by atoms with van der Waals surface area (Å²) in [6.45, 7) is 3.53. The fourth-order valence-electron chi connectivity index (χ4n) is 5.61. The molecule has 0 saturated carbocycles. The van der Waals surface area contributed by atoms with E-state index in [1.165, 1.54) is 37.2 Å². The minimum atomic E-state index is -0.0374. The quantitative estimate of drug-likeness (QED) is 0.454. The van der Waals surface area contributed by atoms with Gasteiger partial charge in [0.1, 0.15) is 11.4 Å². The number of rotatable bonds is 3. The van der Waals surface area contributed by atoms with Crippen LogP contribution in [0, 0.1) is 5.92 Å². The zero-order valence-corrected chi connectivity index (χ0v) is 18.5. The van der Waals surface area contributed by atoms with Gasteiger partial charge >= 0.3 is 0 Å². The van der Waals surface area contributed by atoms with Crippen molar-refractivity contribution in [2.24, 2.45) is 5.92 Å². The summed E-state index contributed by atoms with van der Waals surface area (Å²) >= 11 is 3.85. The van der Waals surface area contributed by atoms with E-state index in [1.54, 1.807) is 0 Å². The molecular formula is C26H25BrN2O. The molecule has 1 unspecified atom stereocenters. The van der Waals surface area contributed by atoms with Gasteiger partial charge in [-0.15, -0.1) is 0 Å². The first-order chi connectivity index (χ1) is 14.7. The Bertz CT molecular complexity index is 1020. The normalized spacial score (nSPS) is 26.4. The molecule has 4 heteroatoms. The van der Waals surface area contributed by atoms with Crippen LogP contribution in [-0.4, -0.2) is 30.1 Å². The number of hydrogen-bond acceptors (Lipinski definition) is 3. The Morgan fingerprint density at radius 2 is 1.50 bits per heavy atom. The van der Waals surface area contributed by atoms with Crippen LogP contribution in [0.1, 0.15) is 18.4 Å². The summed E-state index contributed by atoms with van der Waals surface area (Å²) in [4.78, 5) is 4.91. The van der Waals surface area contributed by atoms with Crippen LogP contribution >= 0.6 is 15.9 Å². The SMILES string of the molecule is Brc1cc(N(c2ccccc2)c2ccccc2)cc2c1OC1(C2)CN2CCC1CC2. The van der Waals surface area contributed by atoms with Crippen LogP contribution in [0.15, 0.2) is 77.3 Å². The fraction of sp³-hybridized carbons (Fsp3) is 0.308. The molecule has 0 amide bonds. The number of nitrogens with zero attached hydrogens (tertiary/aromatic N) is 2. The van der Waals surface area contributed by atoms with Crippen molar-refractivity contribution in [2.45, 2.75) is 24.9 Å². The number of hydrogen-bond donors (Lipinski definition) is 0. The van der Waals surface area contributed by atoms with E-state index in [2.05, 4.69) is 98.5 Å². The van der Waals surface area contributed by atoms with Crippen LogP contribution < -0.4 is 9.64 Å². The Labute approximate surface area is 186 Å². The van der Waals surface area contributed by atoms with E-state index in [0.717, 1.165) is 34.6 Å². The molecule has 4 aliphatic rings. The van der Waals surface area contributed by atoms with Crippen molar-refractivity contribution in [1.29, 1.82) is 0 Å². The van der Waals surface area contributed by atoms with Crippen molar-refractivity contribution in [3.63, 3.8) is 0 Å². The van der Waals surface area contributed by atoms with E-state index < -0.39 is 0 Å². The minimum absolute atomic E-state index is 0.0374. The largest absolute Gasteiger partial charge is 0.484 e. The number of halogens is 1. The van der Waals surface area contributed by atoms with Gasteiger partial charge in [0, 0.05) is 41.5 Å². The second-order valence-electron chi connectivity index (χ2n) is 8.82. The Hall–Kier alpha value is -2.30. The van der Waals surface area contributed by atoms with Crippen molar-refractivity contribution in [1.82, 2.24) is 4.90 Å². The lowest BCUT2D eigenvalue weighted by Crippen LogP contribution is -2.61. The van der Waals surface area contributed by atoms with Gasteiger partial charge in [0.2, 0.25) is 0 Å². The lowest BCUT2D eigenvalue weighted by molar-refractivity contribution is -0.0801. The smallest absolute Gasteiger partial charge is 0.137 e. The lowest BCUT2D eigenvalue weighted by Gasteiger charge is -2.50. The first-order valence-corrected chi connectivity index (χ1v) is 11.7. The molecule has 4 heterocycles. The maximum atomic E-state index is 6.74. The maximum absolute atomic E-state index is 6.74. The molecule has 0 aliphatic carbocycles. The number of anilines is 3. The molecule has 0 radical (unpaired) electrons. The van der Waals surface area contributed by atoms with Crippen LogP contribution in [0.2, 0.25) is 0 Å². The minimum Gasteiger partial charge on any atom is -0.484 e. The summed E-state index contributed by atoms with van der Waals surface area (Å²) in [6.07, 6.45) is 3.53. The predicted molar refractivity (Wildman–Crippen MR) is 125 cm³/mol. The van der Waals surface area contributed by atoms with Gasteiger partial charge in [0.05, 0.1) is 4.47 Å².